The van der Waals surface area contributed by atoms with Crippen molar-refractivity contribution in [2.45, 2.75) is 12.7 Å². The number of halogens is 4. The molecule has 0 spiro atoms. The predicted octanol–water partition coefficient (Wildman–Crippen LogP) is 5.15. The summed E-state index contributed by atoms with van der Waals surface area (Å²) in [5.41, 5.74) is 1.46. The molecule has 2 amide bonds. The van der Waals surface area contributed by atoms with E-state index in [1.54, 1.807) is 12.4 Å². The molecule has 30 heavy (non-hydrogen) atoms. The number of urea groups is 1. The van der Waals surface area contributed by atoms with E-state index in [9.17, 15) is 18.0 Å². The van der Waals surface area contributed by atoms with Crippen LogP contribution >= 0.6 is 11.6 Å². The molecule has 3 aromatic rings. The Kier molecular flexibility index (Phi) is 6.41. The zero-order valence-corrected chi connectivity index (χ0v) is 16.4. The smallest absolute Gasteiger partial charge is 0.417 e. The Morgan fingerprint density at radius 1 is 1.07 bits per heavy atom. The van der Waals surface area contributed by atoms with Crippen LogP contribution in [-0.2, 0) is 12.7 Å². The third kappa shape index (κ3) is 5.38. The van der Waals surface area contributed by atoms with Gasteiger partial charge >= 0.3 is 18.2 Å². The van der Waals surface area contributed by atoms with Crippen molar-refractivity contribution in [1.29, 1.82) is 0 Å². The Morgan fingerprint density at radius 2 is 1.73 bits per heavy atom. The molecule has 1 aromatic heterocycles. The number of methoxy groups -OCH3 is 1. The highest BCUT2D eigenvalue weighted by Gasteiger charge is 2.33. The number of ether oxygens (including phenoxy) is 1. The number of nitrogens with one attached hydrogen (secondary N) is 2. The van der Waals surface area contributed by atoms with E-state index in [4.69, 9.17) is 16.3 Å². The van der Waals surface area contributed by atoms with Crippen molar-refractivity contribution < 1.29 is 22.7 Å². The predicted molar refractivity (Wildman–Crippen MR) is 106 cm³/mol. The number of nitrogens with zero attached hydrogens (tertiary/aromatic N) is 2. The van der Waals surface area contributed by atoms with Gasteiger partial charge in [0.15, 0.2) is 0 Å². The van der Waals surface area contributed by atoms with E-state index in [1.165, 1.54) is 13.2 Å². The van der Waals surface area contributed by atoms with Crippen LogP contribution < -0.4 is 15.4 Å². The molecular weight excluding hydrogens is 421 g/mol. The summed E-state index contributed by atoms with van der Waals surface area (Å²) in [6.07, 6.45) is -1.34. The number of carbonyl (C=O) groups excluding carboxylic acids is 1. The lowest BCUT2D eigenvalue weighted by atomic mass is 10.1. The zero-order chi connectivity index (χ0) is 21.7. The minimum absolute atomic E-state index is 0.0147. The Morgan fingerprint density at radius 3 is 2.33 bits per heavy atom. The average molecular weight is 437 g/mol. The van der Waals surface area contributed by atoms with Gasteiger partial charge in [-0.2, -0.15) is 13.2 Å². The minimum Gasteiger partial charge on any atom is -0.467 e. The van der Waals surface area contributed by atoms with E-state index >= 15 is 0 Å². The highest BCUT2D eigenvalue weighted by Crippen LogP contribution is 2.36. The number of hydrogen-bond donors (Lipinski definition) is 2. The first-order valence-electron chi connectivity index (χ1n) is 8.63. The van der Waals surface area contributed by atoms with Gasteiger partial charge < -0.3 is 15.4 Å². The summed E-state index contributed by atoms with van der Waals surface area (Å²) < 4.78 is 43.6. The average Bonchev–Trinajstić information content (AvgIpc) is 2.73. The third-order valence-corrected chi connectivity index (χ3v) is 4.41. The van der Waals surface area contributed by atoms with Crippen LogP contribution in [0, 0.1) is 0 Å². The van der Waals surface area contributed by atoms with Crippen LogP contribution in [-0.4, -0.2) is 23.1 Å². The summed E-state index contributed by atoms with van der Waals surface area (Å²) in [4.78, 5) is 20.1. The first-order valence-corrected chi connectivity index (χ1v) is 9.01. The van der Waals surface area contributed by atoms with Gasteiger partial charge in [-0.15, -0.1) is 0 Å². The highest BCUT2D eigenvalue weighted by molar-refractivity contribution is 6.31. The lowest BCUT2D eigenvalue weighted by molar-refractivity contribution is -0.137. The number of benzene rings is 2. The SMILES string of the molecule is COc1ncc(-c2ccc(CNC(=O)Nc3ccc(Cl)c(C(F)(F)F)c3)cc2)cn1. The Bertz CT molecular complexity index is 1030. The largest absolute Gasteiger partial charge is 0.467 e. The van der Waals surface area contributed by atoms with E-state index in [1.807, 2.05) is 24.3 Å². The van der Waals surface area contributed by atoms with Crippen LogP contribution in [0.4, 0.5) is 23.7 Å². The van der Waals surface area contributed by atoms with Gasteiger partial charge in [0.25, 0.3) is 0 Å². The van der Waals surface area contributed by atoms with Crippen LogP contribution in [0.3, 0.4) is 0 Å². The van der Waals surface area contributed by atoms with Crippen molar-refractivity contribution in [3.05, 3.63) is 71.0 Å². The first kappa shape index (κ1) is 21.4. The number of anilines is 1. The van der Waals surface area contributed by atoms with Crippen molar-refractivity contribution >= 4 is 23.3 Å². The number of carbonyl (C=O) groups is 1. The van der Waals surface area contributed by atoms with E-state index in [-0.39, 0.29) is 18.2 Å². The molecule has 6 nitrogen and oxygen atoms in total. The molecule has 0 atom stereocenters. The second-order valence-electron chi connectivity index (χ2n) is 6.16. The fourth-order valence-corrected chi connectivity index (χ4v) is 2.79. The number of aromatic nitrogens is 2. The lowest BCUT2D eigenvalue weighted by Crippen LogP contribution is -2.28. The molecular formula is C20H16ClF3N4O2. The molecule has 1 heterocycles. The second kappa shape index (κ2) is 9.00. The van der Waals surface area contributed by atoms with E-state index in [2.05, 4.69) is 20.6 Å². The quantitative estimate of drug-likeness (QED) is 0.580. The Labute approximate surface area is 175 Å². The van der Waals surface area contributed by atoms with E-state index in [0.29, 0.717) is 0 Å². The third-order valence-electron chi connectivity index (χ3n) is 4.08. The maximum atomic E-state index is 12.9. The summed E-state index contributed by atoms with van der Waals surface area (Å²) in [7, 11) is 1.48. The van der Waals surface area contributed by atoms with Gasteiger partial charge in [-0.1, -0.05) is 35.9 Å². The molecule has 3 rings (SSSR count). The molecule has 2 N–H and O–H groups in total. The Hall–Kier alpha value is -3.33. The molecule has 0 bridgehead atoms. The van der Waals surface area contributed by atoms with Crippen LogP contribution in [0.5, 0.6) is 6.01 Å². The van der Waals surface area contributed by atoms with Gasteiger partial charge in [0, 0.05) is 30.2 Å². The molecule has 0 aliphatic carbocycles. The molecule has 10 heteroatoms. The minimum atomic E-state index is -4.61. The molecule has 2 aromatic carbocycles. The number of rotatable bonds is 5. The summed E-state index contributed by atoms with van der Waals surface area (Å²) in [5, 5.41) is 4.52. The molecule has 0 unspecified atom stereocenters. The first-order chi connectivity index (χ1) is 14.3. The van der Waals surface area contributed by atoms with Crippen LogP contribution in [0.2, 0.25) is 5.02 Å². The van der Waals surface area contributed by atoms with Crippen molar-refractivity contribution in [1.82, 2.24) is 15.3 Å². The number of amides is 2. The van der Waals surface area contributed by atoms with Crippen LogP contribution in [0.1, 0.15) is 11.1 Å². The molecule has 0 saturated heterocycles. The fourth-order valence-electron chi connectivity index (χ4n) is 2.56. The van der Waals surface area contributed by atoms with Crippen LogP contribution in [0.25, 0.3) is 11.1 Å². The number of alkyl halides is 3. The topological polar surface area (TPSA) is 76.1 Å². The second-order valence-corrected chi connectivity index (χ2v) is 6.56. The molecule has 0 saturated carbocycles. The summed E-state index contributed by atoms with van der Waals surface area (Å²) >= 11 is 5.57. The van der Waals surface area contributed by atoms with Crippen molar-refractivity contribution in [2.24, 2.45) is 0 Å². The van der Waals surface area contributed by atoms with Gasteiger partial charge in [-0.05, 0) is 29.3 Å². The van der Waals surface area contributed by atoms with E-state index < -0.39 is 22.8 Å². The molecule has 0 radical (unpaired) electrons. The maximum Gasteiger partial charge on any atom is 0.417 e. The lowest BCUT2D eigenvalue weighted by Gasteiger charge is -2.12. The van der Waals surface area contributed by atoms with Crippen molar-refractivity contribution in [2.75, 3.05) is 12.4 Å². The molecule has 156 valence electrons. The van der Waals surface area contributed by atoms with Gasteiger partial charge in [-0.25, -0.2) is 14.8 Å². The number of hydrogen-bond acceptors (Lipinski definition) is 4. The molecule has 0 aliphatic heterocycles. The van der Waals surface area contributed by atoms with Gasteiger partial charge in [-0.3, -0.25) is 0 Å². The molecule has 0 fully saturated rings. The summed E-state index contributed by atoms with van der Waals surface area (Å²) in [6, 6.07) is 10.1. The maximum absolute atomic E-state index is 12.9. The van der Waals surface area contributed by atoms with Gasteiger partial charge in [0.2, 0.25) is 0 Å². The van der Waals surface area contributed by atoms with Crippen LogP contribution in [0.15, 0.2) is 54.9 Å². The highest BCUT2D eigenvalue weighted by atomic mass is 35.5. The van der Waals surface area contributed by atoms with Gasteiger partial charge in [0.05, 0.1) is 17.7 Å². The summed E-state index contributed by atoms with van der Waals surface area (Å²) in [5.74, 6) is 0. The van der Waals surface area contributed by atoms with Gasteiger partial charge in [0.1, 0.15) is 0 Å². The zero-order valence-electron chi connectivity index (χ0n) is 15.6. The van der Waals surface area contributed by atoms with E-state index in [0.717, 1.165) is 28.8 Å². The Balaban J connectivity index is 1.58. The standard InChI is InChI=1S/C20H16ClF3N4O2/c1-30-19-26-10-14(11-27-19)13-4-2-12(3-5-13)9-25-18(29)28-15-6-7-17(21)16(8-15)20(22,23)24/h2-8,10-11H,9H2,1H3,(H2,25,28,29). The summed E-state index contributed by atoms with van der Waals surface area (Å²) in [6.45, 7) is 0.185. The molecule has 0 aliphatic rings. The normalized spacial score (nSPS) is 11.1. The van der Waals surface area contributed by atoms with Crippen molar-refractivity contribution in [3.63, 3.8) is 0 Å². The fraction of sp³-hybridized carbons (Fsp3) is 0.150. The van der Waals surface area contributed by atoms with Crippen molar-refractivity contribution in [3.8, 4) is 17.1 Å². The monoisotopic (exact) mass is 436 g/mol.